The summed E-state index contributed by atoms with van der Waals surface area (Å²) in [5.41, 5.74) is 3.49. The van der Waals surface area contributed by atoms with Gasteiger partial charge in [-0.25, -0.2) is 0 Å². The number of hydrogen-bond acceptors (Lipinski definition) is 3. The van der Waals surface area contributed by atoms with Gasteiger partial charge in [-0.2, -0.15) is 0 Å². The smallest absolute Gasteiger partial charge is 0.226 e. The fourth-order valence-corrected chi connectivity index (χ4v) is 4.37. The third kappa shape index (κ3) is 6.01. The molecule has 2 atom stereocenters. The van der Waals surface area contributed by atoms with Crippen molar-refractivity contribution in [1.29, 1.82) is 0 Å². The van der Waals surface area contributed by atoms with Gasteiger partial charge in [0.05, 0.1) is 6.61 Å². The highest BCUT2D eigenvalue weighted by Crippen LogP contribution is 2.46. The van der Waals surface area contributed by atoms with E-state index in [9.17, 15) is 5.11 Å². The zero-order valence-corrected chi connectivity index (χ0v) is 17.1. The Morgan fingerprint density at radius 3 is 2.72 bits per heavy atom. The molecule has 1 aromatic rings. The maximum absolute atomic E-state index is 10.8. The van der Waals surface area contributed by atoms with Gasteiger partial charge in [0.25, 0.3) is 0 Å². The average Bonchev–Trinajstić information content (AvgIpc) is 2.55. The van der Waals surface area contributed by atoms with Crippen LogP contribution in [0.4, 0.5) is 0 Å². The van der Waals surface area contributed by atoms with Crippen LogP contribution in [0, 0.1) is 0 Å². The van der Waals surface area contributed by atoms with Gasteiger partial charge >= 0.3 is 0 Å². The van der Waals surface area contributed by atoms with E-state index in [1.807, 2.05) is 19.7 Å². The normalized spacial score (nSPS) is 18.7. The van der Waals surface area contributed by atoms with Crippen molar-refractivity contribution in [1.82, 2.24) is 0 Å². The summed E-state index contributed by atoms with van der Waals surface area (Å²) in [6, 6.07) is 4.06. The van der Waals surface area contributed by atoms with E-state index in [1.54, 1.807) is 0 Å². The van der Waals surface area contributed by atoms with E-state index < -0.39 is 8.38 Å². The molecule has 1 aromatic carbocycles. The number of allylic oxidation sites excluding steroid dienone is 2. The van der Waals surface area contributed by atoms with Crippen LogP contribution in [0.1, 0.15) is 76.3 Å². The number of phenols is 1. The highest BCUT2D eigenvalue weighted by Gasteiger charge is 2.23. The molecule has 0 saturated carbocycles. The summed E-state index contributed by atoms with van der Waals surface area (Å²) in [7, 11) is -0.978. The zero-order chi connectivity index (χ0) is 18.2. The molecule has 3 nitrogen and oxygen atoms in total. The molecule has 0 bridgehead atoms. The Morgan fingerprint density at radius 2 is 2.04 bits per heavy atom. The summed E-state index contributed by atoms with van der Waals surface area (Å²) < 4.78 is 11.8. The Morgan fingerprint density at radius 1 is 1.24 bits per heavy atom. The largest absolute Gasteiger partial charge is 0.507 e. The maximum Gasteiger partial charge on any atom is 0.226 e. The predicted octanol–water partition coefficient (Wildman–Crippen LogP) is 6.70. The predicted molar refractivity (Wildman–Crippen MR) is 107 cm³/mol. The van der Waals surface area contributed by atoms with Gasteiger partial charge in [-0.1, -0.05) is 31.4 Å². The molecule has 1 N–H and O–H groups in total. The Hall–Kier alpha value is -1.05. The van der Waals surface area contributed by atoms with E-state index in [4.69, 9.17) is 9.05 Å². The molecule has 25 heavy (non-hydrogen) atoms. The van der Waals surface area contributed by atoms with Crippen molar-refractivity contribution >= 4 is 8.38 Å². The van der Waals surface area contributed by atoms with Crippen molar-refractivity contribution in [3.8, 4) is 11.5 Å². The molecule has 140 valence electrons. The summed E-state index contributed by atoms with van der Waals surface area (Å²) in [5.74, 6) is 1.42. The van der Waals surface area contributed by atoms with Crippen molar-refractivity contribution < 1.29 is 14.2 Å². The SMILES string of the molecule is CCCCCc1cc(O)c([C@@H]2C=C(C)CCC2)c(OP(C)OCC)c1. The molecule has 0 spiro atoms. The van der Waals surface area contributed by atoms with Crippen molar-refractivity contribution in [2.75, 3.05) is 13.3 Å². The van der Waals surface area contributed by atoms with Crippen LogP contribution in [0.25, 0.3) is 0 Å². The topological polar surface area (TPSA) is 38.7 Å². The van der Waals surface area contributed by atoms with Gasteiger partial charge in [-0.15, -0.1) is 0 Å². The molecule has 0 saturated heterocycles. The standard InChI is InChI=1S/C21H33O3P/c1-5-7-8-11-17-14-19(22)21(18-12-9-10-16(3)13-18)20(15-17)24-25(4)23-6-2/h13-15,18,22H,5-12H2,1-4H3/t18-,25?/m0/s1. The molecule has 0 aliphatic heterocycles. The molecule has 1 unspecified atom stereocenters. The Bertz CT molecular complexity index is 583. The molecule has 0 amide bonds. The number of benzene rings is 1. The van der Waals surface area contributed by atoms with E-state index in [-0.39, 0.29) is 5.92 Å². The molecule has 0 fully saturated rings. The van der Waals surface area contributed by atoms with Gasteiger partial charge in [0.2, 0.25) is 8.38 Å². The van der Waals surface area contributed by atoms with Crippen LogP contribution in [-0.2, 0) is 10.9 Å². The van der Waals surface area contributed by atoms with Gasteiger partial charge in [-0.3, -0.25) is 0 Å². The van der Waals surface area contributed by atoms with Crippen molar-refractivity contribution in [3.63, 3.8) is 0 Å². The molecular formula is C21H33O3P. The van der Waals surface area contributed by atoms with Crippen LogP contribution in [0.3, 0.4) is 0 Å². The number of hydrogen-bond donors (Lipinski definition) is 1. The first-order valence-corrected chi connectivity index (χ1v) is 11.2. The number of aryl methyl sites for hydroxylation is 1. The monoisotopic (exact) mass is 364 g/mol. The summed E-state index contributed by atoms with van der Waals surface area (Å²) >= 11 is 0. The van der Waals surface area contributed by atoms with Gasteiger partial charge in [0, 0.05) is 18.1 Å². The number of aromatic hydroxyl groups is 1. The van der Waals surface area contributed by atoms with Crippen LogP contribution in [-0.4, -0.2) is 18.4 Å². The highest BCUT2D eigenvalue weighted by molar-refractivity contribution is 7.46. The fourth-order valence-electron chi connectivity index (χ4n) is 3.52. The lowest BCUT2D eigenvalue weighted by Crippen LogP contribution is -2.06. The number of unbranched alkanes of at least 4 members (excludes halogenated alkanes) is 2. The molecule has 4 heteroatoms. The molecule has 0 aromatic heterocycles. The highest BCUT2D eigenvalue weighted by atomic mass is 31.2. The lowest BCUT2D eigenvalue weighted by atomic mass is 9.84. The van der Waals surface area contributed by atoms with Crippen LogP contribution in [0.5, 0.6) is 11.5 Å². The molecule has 2 rings (SSSR count). The minimum Gasteiger partial charge on any atom is -0.507 e. The molecule has 0 radical (unpaired) electrons. The van der Waals surface area contributed by atoms with Crippen LogP contribution < -0.4 is 4.52 Å². The summed E-state index contributed by atoms with van der Waals surface area (Å²) in [5, 5.41) is 10.8. The second-order valence-electron chi connectivity index (χ2n) is 6.94. The van der Waals surface area contributed by atoms with Gasteiger partial charge in [0.15, 0.2) is 0 Å². The van der Waals surface area contributed by atoms with E-state index in [0.717, 1.165) is 49.0 Å². The lowest BCUT2D eigenvalue weighted by Gasteiger charge is -2.25. The fraction of sp³-hybridized carbons (Fsp3) is 0.619. The summed E-state index contributed by atoms with van der Waals surface area (Å²) in [6.45, 7) is 8.98. The third-order valence-corrected chi connectivity index (χ3v) is 5.81. The van der Waals surface area contributed by atoms with Gasteiger partial charge in [0.1, 0.15) is 11.5 Å². The molecule has 1 aliphatic rings. The second kappa shape index (κ2) is 10.2. The summed E-state index contributed by atoms with van der Waals surface area (Å²) in [6.07, 6.45) is 10.2. The van der Waals surface area contributed by atoms with Crippen LogP contribution in [0.2, 0.25) is 0 Å². The summed E-state index contributed by atoms with van der Waals surface area (Å²) in [4.78, 5) is 0. The minimum absolute atomic E-state index is 0.235. The number of rotatable bonds is 9. The van der Waals surface area contributed by atoms with E-state index in [1.165, 1.54) is 18.4 Å². The van der Waals surface area contributed by atoms with E-state index in [0.29, 0.717) is 12.4 Å². The first-order chi connectivity index (χ1) is 12.0. The zero-order valence-electron chi connectivity index (χ0n) is 16.2. The average molecular weight is 364 g/mol. The van der Waals surface area contributed by atoms with Crippen molar-refractivity contribution in [3.05, 3.63) is 34.9 Å². The molecule has 1 aliphatic carbocycles. The Kier molecular flexibility index (Phi) is 8.26. The van der Waals surface area contributed by atoms with Crippen LogP contribution >= 0.6 is 8.38 Å². The first-order valence-electron chi connectivity index (χ1n) is 9.62. The van der Waals surface area contributed by atoms with Gasteiger partial charge < -0.3 is 14.2 Å². The quantitative estimate of drug-likeness (QED) is 0.301. The Balaban J connectivity index is 2.32. The van der Waals surface area contributed by atoms with E-state index in [2.05, 4.69) is 26.0 Å². The van der Waals surface area contributed by atoms with Gasteiger partial charge in [-0.05, 0) is 63.6 Å². The Labute approximate surface area is 154 Å². The minimum atomic E-state index is -0.978. The number of phenolic OH excluding ortho intramolecular Hbond substituents is 1. The third-order valence-electron chi connectivity index (χ3n) is 4.73. The first kappa shape index (κ1) is 20.3. The molecule has 0 heterocycles. The molecular weight excluding hydrogens is 331 g/mol. The van der Waals surface area contributed by atoms with Crippen LogP contribution in [0.15, 0.2) is 23.8 Å². The van der Waals surface area contributed by atoms with Crippen molar-refractivity contribution in [2.24, 2.45) is 0 Å². The van der Waals surface area contributed by atoms with Crippen molar-refractivity contribution in [2.45, 2.75) is 71.6 Å². The maximum atomic E-state index is 10.8. The van der Waals surface area contributed by atoms with E-state index >= 15 is 0 Å². The lowest BCUT2D eigenvalue weighted by molar-refractivity contribution is 0.336. The second-order valence-corrected chi connectivity index (χ2v) is 8.26.